The summed E-state index contributed by atoms with van der Waals surface area (Å²) in [4.78, 5) is 9.58. The van der Waals surface area contributed by atoms with Crippen LogP contribution in [-0.4, -0.2) is 19.5 Å². The van der Waals surface area contributed by atoms with Crippen molar-refractivity contribution in [1.82, 2.24) is 0 Å². The van der Waals surface area contributed by atoms with Crippen LogP contribution in [0.2, 0.25) is 0 Å². The molecule has 1 rings (SSSR count). The molecule has 84 valence electrons. The zero-order chi connectivity index (χ0) is 11.7. The van der Waals surface area contributed by atoms with Crippen LogP contribution in [0.25, 0.3) is 0 Å². The SMILES string of the molecule is CCC(=O)Cl.COc1ccccc1OC. The van der Waals surface area contributed by atoms with E-state index in [4.69, 9.17) is 21.1 Å². The molecule has 0 amide bonds. The van der Waals surface area contributed by atoms with Crippen molar-refractivity contribution >= 4 is 16.8 Å². The molecule has 0 aromatic heterocycles. The van der Waals surface area contributed by atoms with E-state index in [0.29, 0.717) is 6.42 Å². The maximum Gasteiger partial charge on any atom is 0.221 e. The summed E-state index contributed by atoms with van der Waals surface area (Å²) in [6.07, 6.45) is 0.432. The van der Waals surface area contributed by atoms with Crippen LogP contribution in [0.1, 0.15) is 13.3 Å². The van der Waals surface area contributed by atoms with Gasteiger partial charge in [-0.05, 0) is 23.7 Å². The van der Waals surface area contributed by atoms with Crippen molar-refractivity contribution < 1.29 is 14.3 Å². The summed E-state index contributed by atoms with van der Waals surface area (Å²) in [7, 11) is 3.25. The third-order valence-electron chi connectivity index (χ3n) is 1.57. The molecule has 4 heteroatoms. The predicted octanol–water partition coefficient (Wildman–Crippen LogP) is 2.87. The fourth-order valence-electron chi connectivity index (χ4n) is 0.787. The highest BCUT2D eigenvalue weighted by Gasteiger charge is 1.97. The van der Waals surface area contributed by atoms with Crippen molar-refractivity contribution in [3.05, 3.63) is 24.3 Å². The lowest BCUT2D eigenvalue weighted by molar-refractivity contribution is -0.111. The van der Waals surface area contributed by atoms with Gasteiger partial charge in [0, 0.05) is 6.42 Å². The summed E-state index contributed by atoms with van der Waals surface area (Å²) in [5.41, 5.74) is 0. The van der Waals surface area contributed by atoms with Gasteiger partial charge in [-0.15, -0.1) is 0 Å². The molecule has 3 nitrogen and oxygen atoms in total. The summed E-state index contributed by atoms with van der Waals surface area (Å²) in [5, 5.41) is -0.273. The number of methoxy groups -OCH3 is 2. The first-order chi connectivity index (χ1) is 7.15. The Morgan fingerprint density at radius 2 is 1.53 bits per heavy atom. The molecule has 0 spiro atoms. The van der Waals surface area contributed by atoms with E-state index in [1.54, 1.807) is 21.1 Å². The fraction of sp³-hybridized carbons (Fsp3) is 0.364. The lowest BCUT2D eigenvalue weighted by atomic mass is 10.3. The molecule has 0 aliphatic carbocycles. The minimum Gasteiger partial charge on any atom is -0.493 e. The minimum absolute atomic E-state index is 0.273. The van der Waals surface area contributed by atoms with Crippen molar-refractivity contribution in [3.63, 3.8) is 0 Å². The second-order valence-electron chi connectivity index (χ2n) is 2.56. The summed E-state index contributed by atoms with van der Waals surface area (Å²) < 4.78 is 10.0. The molecule has 0 atom stereocenters. The van der Waals surface area contributed by atoms with Gasteiger partial charge in [0.2, 0.25) is 5.24 Å². The highest BCUT2D eigenvalue weighted by molar-refractivity contribution is 6.63. The molecule has 0 aliphatic rings. The topological polar surface area (TPSA) is 35.5 Å². The first-order valence-corrected chi connectivity index (χ1v) is 4.88. The van der Waals surface area contributed by atoms with Crippen LogP contribution in [0.4, 0.5) is 0 Å². The Balaban J connectivity index is 0.000000336. The van der Waals surface area contributed by atoms with Crippen LogP contribution in [-0.2, 0) is 4.79 Å². The van der Waals surface area contributed by atoms with Crippen LogP contribution in [0.15, 0.2) is 24.3 Å². The van der Waals surface area contributed by atoms with Crippen LogP contribution in [0.5, 0.6) is 11.5 Å². The molecule has 0 radical (unpaired) electrons. The van der Waals surface area contributed by atoms with E-state index in [9.17, 15) is 4.79 Å². The van der Waals surface area contributed by atoms with Crippen LogP contribution < -0.4 is 9.47 Å². The largest absolute Gasteiger partial charge is 0.493 e. The second kappa shape index (κ2) is 8.12. The van der Waals surface area contributed by atoms with Gasteiger partial charge in [0.05, 0.1) is 14.2 Å². The maximum absolute atomic E-state index is 9.58. The minimum atomic E-state index is -0.273. The van der Waals surface area contributed by atoms with Gasteiger partial charge in [0.15, 0.2) is 11.5 Å². The summed E-state index contributed by atoms with van der Waals surface area (Å²) in [6, 6.07) is 7.53. The van der Waals surface area contributed by atoms with Crippen molar-refractivity contribution in [2.75, 3.05) is 14.2 Å². The number of para-hydroxylation sites is 2. The monoisotopic (exact) mass is 230 g/mol. The second-order valence-corrected chi connectivity index (χ2v) is 2.99. The number of carbonyl (C=O) groups is 1. The third-order valence-corrected chi connectivity index (χ3v) is 1.83. The van der Waals surface area contributed by atoms with Crippen molar-refractivity contribution in [3.8, 4) is 11.5 Å². The van der Waals surface area contributed by atoms with Crippen molar-refractivity contribution in [1.29, 1.82) is 0 Å². The zero-order valence-electron chi connectivity index (χ0n) is 9.12. The highest BCUT2D eigenvalue weighted by atomic mass is 35.5. The van der Waals surface area contributed by atoms with E-state index in [2.05, 4.69) is 0 Å². The molecule has 0 aliphatic heterocycles. The van der Waals surface area contributed by atoms with E-state index >= 15 is 0 Å². The number of halogens is 1. The van der Waals surface area contributed by atoms with E-state index in [1.807, 2.05) is 24.3 Å². The molecule has 0 N–H and O–H groups in total. The van der Waals surface area contributed by atoms with Gasteiger partial charge in [0.25, 0.3) is 0 Å². The number of ether oxygens (including phenoxy) is 2. The maximum atomic E-state index is 9.58. The van der Waals surface area contributed by atoms with Crippen LogP contribution in [0, 0.1) is 0 Å². The molecule has 0 heterocycles. The number of carbonyl (C=O) groups excluding carboxylic acids is 1. The van der Waals surface area contributed by atoms with Gasteiger partial charge >= 0.3 is 0 Å². The Labute approximate surface area is 95.0 Å². The van der Waals surface area contributed by atoms with Gasteiger partial charge in [0.1, 0.15) is 0 Å². The molecule has 1 aromatic carbocycles. The molecule has 1 aromatic rings. The number of rotatable bonds is 3. The molecule has 0 saturated carbocycles. The van der Waals surface area contributed by atoms with E-state index < -0.39 is 0 Å². The van der Waals surface area contributed by atoms with Crippen molar-refractivity contribution in [2.24, 2.45) is 0 Å². The molecular formula is C11H15ClO3. The van der Waals surface area contributed by atoms with E-state index in [-0.39, 0.29) is 5.24 Å². The molecule has 0 unspecified atom stereocenters. The normalized spacial score (nSPS) is 8.53. The summed E-state index contributed by atoms with van der Waals surface area (Å²) >= 11 is 4.82. The average Bonchev–Trinajstić information content (AvgIpc) is 2.29. The molecule has 15 heavy (non-hydrogen) atoms. The molecular weight excluding hydrogens is 216 g/mol. The predicted molar refractivity (Wildman–Crippen MR) is 60.7 cm³/mol. The number of hydrogen-bond acceptors (Lipinski definition) is 3. The smallest absolute Gasteiger partial charge is 0.221 e. The number of benzene rings is 1. The first kappa shape index (κ1) is 13.8. The molecule has 0 fully saturated rings. The Kier molecular flexibility index (Phi) is 7.46. The lowest BCUT2D eigenvalue weighted by Gasteiger charge is -2.04. The summed E-state index contributed by atoms with van der Waals surface area (Å²) in [5.74, 6) is 1.54. The molecule has 0 saturated heterocycles. The Morgan fingerprint density at radius 3 is 1.73 bits per heavy atom. The summed E-state index contributed by atoms with van der Waals surface area (Å²) in [6.45, 7) is 1.72. The number of hydrogen-bond donors (Lipinski definition) is 0. The molecule has 0 bridgehead atoms. The third kappa shape index (κ3) is 5.96. The first-order valence-electron chi connectivity index (χ1n) is 4.51. The highest BCUT2D eigenvalue weighted by Crippen LogP contribution is 2.24. The Hall–Kier alpha value is -1.22. The fourth-order valence-corrected chi connectivity index (χ4v) is 0.787. The van der Waals surface area contributed by atoms with E-state index in [0.717, 1.165) is 11.5 Å². The van der Waals surface area contributed by atoms with Crippen molar-refractivity contribution in [2.45, 2.75) is 13.3 Å². The van der Waals surface area contributed by atoms with E-state index in [1.165, 1.54) is 0 Å². The average molecular weight is 231 g/mol. The van der Waals surface area contributed by atoms with Gasteiger partial charge in [-0.3, -0.25) is 4.79 Å². The quantitative estimate of drug-likeness (QED) is 0.749. The zero-order valence-corrected chi connectivity index (χ0v) is 9.88. The van der Waals surface area contributed by atoms with Crippen LogP contribution >= 0.6 is 11.6 Å². The Morgan fingerprint density at radius 1 is 1.20 bits per heavy atom. The lowest BCUT2D eigenvalue weighted by Crippen LogP contribution is -1.88. The van der Waals surface area contributed by atoms with Gasteiger partial charge in [-0.1, -0.05) is 19.1 Å². The van der Waals surface area contributed by atoms with Gasteiger partial charge in [-0.2, -0.15) is 0 Å². The Bertz CT molecular complexity index is 277. The standard InChI is InChI=1S/C8H10O2.C3H5ClO/c1-9-7-5-3-4-6-8(7)10-2;1-2-3(4)5/h3-6H,1-2H3;2H2,1H3. The van der Waals surface area contributed by atoms with Crippen LogP contribution in [0.3, 0.4) is 0 Å². The van der Waals surface area contributed by atoms with Gasteiger partial charge < -0.3 is 9.47 Å². The van der Waals surface area contributed by atoms with Gasteiger partial charge in [-0.25, -0.2) is 0 Å².